The summed E-state index contributed by atoms with van der Waals surface area (Å²) in [6.45, 7) is 0. The van der Waals surface area contributed by atoms with Crippen molar-refractivity contribution in [2.75, 3.05) is 0 Å². The number of benzene rings is 8. The summed E-state index contributed by atoms with van der Waals surface area (Å²) in [5.74, 6) is 0.749. The Morgan fingerprint density at radius 3 is 1.52 bits per heavy atom. The van der Waals surface area contributed by atoms with E-state index in [2.05, 4.69) is 203 Å². The van der Waals surface area contributed by atoms with Gasteiger partial charge in [0.25, 0.3) is 0 Å². The number of hydrogen-bond donors (Lipinski definition) is 0. The Hall–Kier alpha value is -8.08. The molecule has 3 heterocycles. The van der Waals surface area contributed by atoms with Crippen molar-refractivity contribution in [1.29, 1.82) is 0 Å². The molecular weight excluding hydrogens is 753 g/mol. The van der Waals surface area contributed by atoms with Crippen molar-refractivity contribution in [2.45, 2.75) is 12.8 Å². The number of allylic oxidation sites excluding steroid dienone is 4. The van der Waals surface area contributed by atoms with Crippen molar-refractivity contribution in [3.8, 4) is 45.1 Å². The van der Waals surface area contributed by atoms with Gasteiger partial charge in [0.1, 0.15) is 0 Å². The molecule has 0 saturated heterocycles. The quantitative estimate of drug-likeness (QED) is 0.161. The molecular formula is C58H40N4. The molecule has 0 atom stereocenters. The van der Waals surface area contributed by atoms with Gasteiger partial charge in [0.2, 0.25) is 0 Å². The molecule has 4 heteroatoms. The average molecular weight is 793 g/mol. The van der Waals surface area contributed by atoms with E-state index in [9.17, 15) is 0 Å². The van der Waals surface area contributed by atoms with Crippen LogP contribution in [0.1, 0.15) is 24.1 Å². The van der Waals surface area contributed by atoms with E-state index in [-0.39, 0.29) is 0 Å². The summed E-state index contributed by atoms with van der Waals surface area (Å²) in [4.78, 5) is 10.1. The number of hydrogen-bond acceptors (Lipinski definition) is 2. The third-order valence-corrected chi connectivity index (χ3v) is 12.5. The first-order valence-electron chi connectivity index (χ1n) is 21.4. The molecule has 0 amide bonds. The number of fused-ring (bicyclic) bond motifs is 6. The first-order chi connectivity index (χ1) is 30.7. The van der Waals surface area contributed by atoms with Gasteiger partial charge in [0, 0.05) is 44.0 Å². The Morgan fingerprint density at radius 1 is 0.306 bits per heavy atom. The summed E-state index contributed by atoms with van der Waals surface area (Å²) in [6.07, 6.45) is 6.37. The lowest BCUT2D eigenvalue weighted by molar-refractivity contribution is 1.04. The Morgan fingerprint density at radius 2 is 0.806 bits per heavy atom. The molecule has 0 bridgehead atoms. The first-order valence-corrected chi connectivity index (χ1v) is 21.4. The Balaban J connectivity index is 0.885. The minimum Gasteiger partial charge on any atom is -0.309 e. The zero-order valence-corrected chi connectivity index (χ0v) is 34.0. The normalized spacial score (nSPS) is 12.9. The van der Waals surface area contributed by atoms with Crippen LogP contribution in [0.2, 0.25) is 0 Å². The van der Waals surface area contributed by atoms with E-state index >= 15 is 0 Å². The Bertz CT molecular complexity index is 3480. The monoisotopic (exact) mass is 792 g/mol. The summed E-state index contributed by atoms with van der Waals surface area (Å²) in [7, 11) is 0. The molecule has 0 spiro atoms. The van der Waals surface area contributed by atoms with E-state index in [1.807, 2.05) is 24.3 Å². The lowest BCUT2D eigenvalue weighted by Crippen LogP contribution is -2.01. The van der Waals surface area contributed by atoms with E-state index in [4.69, 9.17) is 9.97 Å². The number of nitrogens with zero attached hydrogens (tertiary/aromatic N) is 4. The zero-order chi connectivity index (χ0) is 41.0. The molecule has 3 aromatic heterocycles. The highest BCUT2D eigenvalue weighted by Gasteiger charge is 2.18. The van der Waals surface area contributed by atoms with Gasteiger partial charge in [-0.1, -0.05) is 158 Å². The van der Waals surface area contributed by atoms with Crippen LogP contribution in [-0.4, -0.2) is 19.1 Å². The van der Waals surface area contributed by atoms with Gasteiger partial charge < -0.3 is 9.13 Å². The van der Waals surface area contributed by atoms with Crippen molar-refractivity contribution >= 4 is 54.8 Å². The van der Waals surface area contributed by atoms with E-state index in [0.717, 1.165) is 46.9 Å². The lowest BCUT2D eigenvalue weighted by Gasteiger charge is -2.17. The molecule has 4 nitrogen and oxygen atoms in total. The molecule has 8 aromatic carbocycles. The highest BCUT2D eigenvalue weighted by molar-refractivity contribution is 6.12. The lowest BCUT2D eigenvalue weighted by atomic mass is 9.91. The second-order valence-electron chi connectivity index (χ2n) is 16.1. The van der Waals surface area contributed by atoms with Gasteiger partial charge in [-0.15, -0.1) is 0 Å². The van der Waals surface area contributed by atoms with E-state index < -0.39 is 0 Å². The van der Waals surface area contributed by atoms with Crippen LogP contribution in [0, 0.1) is 0 Å². The van der Waals surface area contributed by atoms with Gasteiger partial charge in [0.05, 0.1) is 33.5 Å². The van der Waals surface area contributed by atoms with Crippen LogP contribution in [0.4, 0.5) is 0 Å². The fraction of sp³-hybridized carbons (Fsp3) is 0.0345. The van der Waals surface area contributed by atoms with Gasteiger partial charge in [0.15, 0.2) is 5.82 Å². The third-order valence-electron chi connectivity index (χ3n) is 12.5. The summed E-state index contributed by atoms with van der Waals surface area (Å²) in [5.41, 5.74) is 17.4. The van der Waals surface area contributed by atoms with Crippen LogP contribution < -0.4 is 0 Å². The number of rotatable bonds is 7. The highest BCUT2D eigenvalue weighted by Crippen LogP contribution is 2.39. The maximum Gasteiger partial charge on any atom is 0.160 e. The summed E-state index contributed by atoms with van der Waals surface area (Å²) in [5, 5.41) is 5.02. The minimum absolute atomic E-state index is 0.749. The zero-order valence-electron chi connectivity index (χ0n) is 34.0. The highest BCUT2D eigenvalue weighted by atomic mass is 15.0. The maximum absolute atomic E-state index is 5.09. The second kappa shape index (κ2) is 14.9. The smallest absolute Gasteiger partial charge is 0.160 e. The van der Waals surface area contributed by atoms with Crippen LogP contribution in [-0.2, 0) is 0 Å². The minimum atomic E-state index is 0.749. The van der Waals surface area contributed by atoms with Crippen molar-refractivity contribution in [2.24, 2.45) is 0 Å². The standard InChI is InChI=1S/C58H40N4/c1-4-14-41(15-5-1)52-38-53(60-58(59-52)43-16-6-2-7-17-43)42-26-24-39(25-27-42)40-28-32-47(33-29-40)61-55-23-13-11-21-49(55)51-36-44(31-35-56(51)61)45-30-34-50-48-20-10-12-22-54(48)62(57(50)37-45)46-18-8-3-9-19-46/h1-24,26,28-38H,25,27H2. The average Bonchev–Trinajstić information content (AvgIpc) is 3.87. The maximum atomic E-state index is 5.09. The third kappa shape index (κ3) is 6.15. The topological polar surface area (TPSA) is 35.6 Å². The summed E-state index contributed by atoms with van der Waals surface area (Å²) < 4.78 is 4.80. The van der Waals surface area contributed by atoms with Crippen LogP contribution in [0.5, 0.6) is 0 Å². The molecule has 0 radical (unpaired) electrons. The van der Waals surface area contributed by atoms with Gasteiger partial charge in [-0.2, -0.15) is 0 Å². The van der Waals surface area contributed by atoms with E-state index in [1.165, 1.54) is 77.1 Å². The molecule has 12 rings (SSSR count). The molecule has 0 N–H and O–H groups in total. The molecule has 62 heavy (non-hydrogen) atoms. The van der Waals surface area contributed by atoms with Gasteiger partial charge in [-0.05, 0) is 101 Å². The van der Waals surface area contributed by atoms with Gasteiger partial charge in [-0.3, -0.25) is 0 Å². The van der Waals surface area contributed by atoms with Crippen LogP contribution >= 0.6 is 0 Å². The van der Waals surface area contributed by atoms with Crippen LogP contribution in [0.15, 0.2) is 218 Å². The van der Waals surface area contributed by atoms with Crippen molar-refractivity contribution in [3.05, 3.63) is 230 Å². The first kappa shape index (κ1) is 35.8. The SMILES string of the molecule is C1=C(c2ccc(-n3c4ccccc4c4cc(-c5ccc6c7ccccc7n(-c7ccccc7)c6c5)ccc43)cc2)CCC(c2cc(-c3ccccc3)nc(-c3ccccc3)n2)=C1. The second-order valence-corrected chi connectivity index (χ2v) is 16.1. The fourth-order valence-corrected chi connectivity index (χ4v) is 9.44. The molecule has 0 aliphatic heterocycles. The largest absolute Gasteiger partial charge is 0.309 e. The van der Waals surface area contributed by atoms with Crippen molar-refractivity contribution < 1.29 is 0 Å². The molecule has 0 saturated carbocycles. The summed E-state index contributed by atoms with van der Waals surface area (Å²) >= 11 is 0. The van der Waals surface area contributed by atoms with E-state index in [1.54, 1.807) is 0 Å². The fourth-order valence-electron chi connectivity index (χ4n) is 9.44. The molecule has 0 fully saturated rings. The molecule has 1 aliphatic carbocycles. The molecule has 11 aromatic rings. The van der Waals surface area contributed by atoms with Crippen molar-refractivity contribution in [3.63, 3.8) is 0 Å². The van der Waals surface area contributed by atoms with Gasteiger partial charge >= 0.3 is 0 Å². The summed E-state index contributed by atoms with van der Waals surface area (Å²) in [6, 6.07) is 74.0. The van der Waals surface area contributed by atoms with Crippen LogP contribution in [0.3, 0.4) is 0 Å². The van der Waals surface area contributed by atoms with Crippen molar-refractivity contribution in [1.82, 2.24) is 19.1 Å². The Labute approximate surface area is 360 Å². The molecule has 0 unspecified atom stereocenters. The predicted octanol–water partition coefficient (Wildman–Crippen LogP) is 14.9. The van der Waals surface area contributed by atoms with Gasteiger partial charge in [-0.25, -0.2) is 9.97 Å². The predicted molar refractivity (Wildman–Crippen MR) is 259 cm³/mol. The number of aromatic nitrogens is 4. The molecule has 1 aliphatic rings. The van der Waals surface area contributed by atoms with E-state index in [0.29, 0.717) is 0 Å². The van der Waals surface area contributed by atoms with Crippen LogP contribution in [0.25, 0.3) is 99.9 Å². The molecule has 292 valence electrons. The Kier molecular flexibility index (Phi) is 8.60. The number of para-hydroxylation sites is 3.